The SMILES string of the molecule is CCCOc1cccc2[nH+]c3ccccc3c(C(=O)O)c12.O=S(=O)([O-])F. The number of ether oxygens (including phenoxy) is 1. The minimum Gasteiger partial charge on any atom is -0.722 e. The van der Waals surface area contributed by atoms with Crippen molar-refractivity contribution < 1.29 is 36.5 Å². The Morgan fingerprint density at radius 3 is 2.42 bits per heavy atom. The minimum absolute atomic E-state index is 0.283. The molecule has 0 saturated heterocycles. The molecule has 9 heteroatoms. The number of nitrogens with one attached hydrogen (secondary N) is 1. The van der Waals surface area contributed by atoms with Gasteiger partial charge in [0.05, 0.1) is 17.6 Å². The van der Waals surface area contributed by atoms with Crippen LogP contribution >= 0.6 is 0 Å². The first-order valence-electron chi connectivity index (χ1n) is 7.60. The van der Waals surface area contributed by atoms with Crippen molar-refractivity contribution in [3.8, 4) is 5.75 Å². The summed E-state index contributed by atoms with van der Waals surface area (Å²) in [5.74, 6) is -0.341. The van der Waals surface area contributed by atoms with E-state index < -0.39 is 16.5 Å². The third kappa shape index (κ3) is 4.87. The van der Waals surface area contributed by atoms with Gasteiger partial charge in [-0.2, -0.15) is 0 Å². The van der Waals surface area contributed by atoms with Crippen LogP contribution < -0.4 is 9.72 Å². The monoisotopic (exact) mass is 381 g/mol. The smallest absolute Gasteiger partial charge is 0.337 e. The first-order valence-corrected chi connectivity index (χ1v) is 8.91. The van der Waals surface area contributed by atoms with Crippen molar-refractivity contribution in [2.75, 3.05) is 6.61 Å². The molecule has 3 rings (SSSR count). The molecular weight excluding hydrogens is 365 g/mol. The fourth-order valence-electron chi connectivity index (χ4n) is 2.54. The number of carbonyl (C=O) groups is 1. The van der Waals surface area contributed by atoms with Gasteiger partial charge >= 0.3 is 5.97 Å². The zero-order valence-electron chi connectivity index (χ0n) is 13.7. The number of H-pyrrole nitrogens is 1. The summed E-state index contributed by atoms with van der Waals surface area (Å²) in [4.78, 5) is 15.1. The molecule has 0 saturated carbocycles. The van der Waals surface area contributed by atoms with E-state index in [0.717, 1.165) is 17.5 Å². The molecule has 0 spiro atoms. The first-order chi connectivity index (χ1) is 12.2. The van der Waals surface area contributed by atoms with Crippen LogP contribution in [0.4, 0.5) is 3.89 Å². The first kappa shape index (κ1) is 19.5. The number of carboxylic acid groups (broad SMARTS) is 1. The van der Waals surface area contributed by atoms with Crippen molar-refractivity contribution in [2.45, 2.75) is 13.3 Å². The molecule has 3 aromatic rings. The van der Waals surface area contributed by atoms with E-state index in [4.69, 9.17) is 17.7 Å². The van der Waals surface area contributed by atoms with Crippen LogP contribution in [-0.4, -0.2) is 30.7 Å². The fourth-order valence-corrected chi connectivity index (χ4v) is 2.54. The van der Waals surface area contributed by atoms with Gasteiger partial charge in [0.2, 0.25) is 11.0 Å². The number of carboxylic acids is 1. The summed E-state index contributed by atoms with van der Waals surface area (Å²) in [5.41, 5.74) is 1.85. The van der Waals surface area contributed by atoms with Crippen molar-refractivity contribution in [3.05, 3.63) is 48.0 Å². The van der Waals surface area contributed by atoms with E-state index in [1.165, 1.54) is 0 Å². The quantitative estimate of drug-likeness (QED) is 0.422. The fraction of sp³-hybridized carbons (Fsp3) is 0.176. The predicted molar refractivity (Wildman–Crippen MR) is 91.6 cm³/mol. The van der Waals surface area contributed by atoms with E-state index in [-0.39, 0.29) is 5.56 Å². The molecule has 2 aromatic carbocycles. The number of aromatic carboxylic acids is 1. The Kier molecular flexibility index (Phi) is 6.06. The van der Waals surface area contributed by atoms with Gasteiger partial charge in [-0.3, -0.25) is 0 Å². The molecule has 0 aliphatic carbocycles. The summed E-state index contributed by atoms with van der Waals surface area (Å²) in [6.07, 6.45) is 0.871. The van der Waals surface area contributed by atoms with Crippen molar-refractivity contribution in [3.63, 3.8) is 0 Å². The van der Waals surface area contributed by atoms with Crippen molar-refractivity contribution in [1.29, 1.82) is 0 Å². The number of fused-ring (bicyclic) bond motifs is 2. The molecular formula is C17H16FNO6S. The molecule has 138 valence electrons. The van der Waals surface area contributed by atoms with Crippen LogP contribution in [0.1, 0.15) is 23.7 Å². The lowest BCUT2D eigenvalue weighted by Crippen LogP contribution is -2.12. The van der Waals surface area contributed by atoms with Crippen LogP contribution in [0.5, 0.6) is 5.75 Å². The topological polar surface area (TPSA) is 118 Å². The van der Waals surface area contributed by atoms with E-state index in [1.807, 2.05) is 49.4 Å². The summed E-state index contributed by atoms with van der Waals surface area (Å²) >= 11 is 0. The highest BCUT2D eigenvalue weighted by atomic mass is 32.3. The highest BCUT2D eigenvalue weighted by molar-refractivity contribution is 7.80. The van der Waals surface area contributed by atoms with E-state index in [9.17, 15) is 13.8 Å². The highest BCUT2D eigenvalue weighted by Gasteiger charge is 2.22. The van der Waals surface area contributed by atoms with Gasteiger partial charge in [-0.05, 0) is 18.6 Å². The second kappa shape index (κ2) is 8.07. The van der Waals surface area contributed by atoms with Crippen LogP contribution in [0.2, 0.25) is 0 Å². The molecule has 0 bridgehead atoms. The number of pyridine rings is 1. The van der Waals surface area contributed by atoms with Crippen LogP contribution in [0, 0.1) is 0 Å². The summed E-state index contributed by atoms with van der Waals surface area (Å²) in [5, 5.41) is 11.0. The largest absolute Gasteiger partial charge is 0.722 e. The Balaban J connectivity index is 0.000000431. The Labute approximate surface area is 149 Å². The second-order valence-electron chi connectivity index (χ2n) is 5.27. The summed E-state index contributed by atoms with van der Waals surface area (Å²) in [7, 11) is -5.42. The van der Waals surface area contributed by atoms with Gasteiger partial charge in [-0.1, -0.05) is 25.1 Å². The molecule has 1 aromatic heterocycles. The number of aromatic nitrogens is 1. The van der Waals surface area contributed by atoms with E-state index in [2.05, 4.69) is 4.98 Å². The van der Waals surface area contributed by atoms with Gasteiger partial charge in [0.1, 0.15) is 11.1 Å². The van der Waals surface area contributed by atoms with Gasteiger partial charge in [0, 0.05) is 12.1 Å². The lowest BCUT2D eigenvalue weighted by atomic mass is 10.0. The molecule has 1 heterocycles. The Hall–Kier alpha value is -2.78. The molecule has 0 radical (unpaired) electrons. The Bertz CT molecular complexity index is 1040. The lowest BCUT2D eigenvalue weighted by Gasteiger charge is -2.09. The van der Waals surface area contributed by atoms with Gasteiger partial charge in [0.15, 0.2) is 0 Å². The van der Waals surface area contributed by atoms with E-state index >= 15 is 0 Å². The normalized spacial score (nSPS) is 11.0. The zero-order valence-corrected chi connectivity index (χ0v) is 14.5. The molecule has 0 amide bonds. The van der Waals surface area contributed by atoms with Crippen LogP contribution in [-0.2, 0) is 10.5 Å². The minimum atomic E-state index is -5.42. The average molecular weight is 381 g/mol. The second-order valence-corrected chi connectivity index (χ2v) is 6.06. The predicted octanol–water partition coefficient (Wildman–Crippen LogP) is 2.71. The molecule has 0 atom stereocenters. The maximum Gasteiger partial charge on any atom is 0.337 e. The lowest BCUT2D eigenvalue weighted by molar-refractivity contribution is -0.310. The van der Waals surface area contributed by atoms with Gasteiger partial charge < -0.3 is 14.4 Å². The molecule has 7 nitrogen and oxygen atoms in total. The molecule has 0 unspecified atom stereocenters. The molecule has 0 aliphatic heterocycles. The Morgan fingerprint density at radius 1 is 1.19 bits per heavy atom. The summed E-state index contributed by atoms with van der Waals surface area (Å²) in [6.45, 7) is 2.58. The maximum atomic E-state index is 11.8. The number of hydrogen-bond acceptors (Lipinski definition) is 5. The van der Waals surface area contributed by atoms with E-state index in [1.54, 1.807) is 0 Å². The maximum absolute atomic E-state index is 11.8. The number of aromatic amines is 1. The van der Waals surface area contributed by atoms with Crippen LogP contribution in [0.3, 0.4) is 0 Å². The Morgan fingerprint density at radius 2 is 1.81 bits per heavy atom. The van der Waals surface area contributed by atoms with Crippen molar-refractivity contribution >= 4 is 38.3 Å². The number of hydrogen-bond donors (Lipinski definition) is 1. The molecule has 26 heavy (non-hydrogen) atoms. The molecule has 0 fully saturated rings. The van der Waals surface area contributed by atoms with Crippen LogP contribution in [0.15, 0.2) is 42.5 Å². The third-order valence-corrected chi connectivity index (χ3v) is 3.42. The number of halogens is 1. The van der Waals surface area contributed by atoms with Gasteiger partial charge in [0.25, 0.3) is 10.5 Å². The third-order valence-electron chi connectivity index (χ3n) is 3.42. The number of benzene rings is 2. The van der Waals surface area contributed by atoms with Gasteiger partial charge in [-0.25, -0.2) is 18.2 Å². The van der Waals surface area contributed by atoms with E-state index in [0.29, 0.717) is 23.1 Å². The molecule has 2 N–H and O–H groups in total. The summed E-state index contributed by atoms with van der Waals surface area (Å²) < 4.78 is 41.1. The van der Waals surface area contributed by atoms with Crippen molar-refractivity contribution in [2.24, 2.45) is 0 Å². The van der Waals surface area contributed by atoms with Crippen molar-refractivity contribution in [1.82, 2.24) is 0 Å². The van der Waals surface area contributed by atoms with Crippen LogP contribution in [0.25, 0.3) is 21.8 Å². The standard InChI is InChI=1S/C17H15NO3.FHO3S/c1-2-10-21-14-9-5-8-13-16(14)15(17(19)20)11-6-3-4-7-12(11)18-13;1-5(2,3)4/h3-9H,2,10H2,1H3,(H,19,20);(H,2,3,4). The van der Waals surface area contributed by atoms with Gasteiger partial charge in [-0.15, -0.1) is 3.89 Å². The zero-order chi connectivity index (χ0) is 19.3. The average Bonchev–Trinajstić information content (AvgIpc) is 2.56. The number of rotatable bonds is 4. The molecule has 0 aliphatic rings. The number of para-hydroxylation sites is 1. The highest BCUT2D eigenvalue weighted by Crippen LogP contribution is 2.31. The summed E-state index contributed by atoms with van der Waals surface area (Å²) in [6, 6.07) is 13.0.